The van der Waals surface area contributed by atoms with Gasteiger partial charge in [0.2, 0.25) is 0 Å². The molecule has 0 unspecified atom stereocenters. The van der Waals surface area contributed by atoms with E-state index in [1.165, 1.54) is 35.1 Å². The summed E-state index contributed by atoms with van der Waals surface area (Å²) in [5, 5.41) is 23.4. The first-order valence-electron chi connectivity index (χ1n) is 20.4. The summed E-state index contributed by atoms with van der Waals surface area (Å²) in [5.41, 5.74) is 3.53. The minimum Gasteiger partial charge on any atom is -0.493 e. The molecule has 2 N–H and O–H groups in total. The number of benzene rings is 3. The van der Waals surface area contributed by atoms with Crippen LogP contribution in [0.25, 0.3) is 0 Å². The Hall–Kier alpha value is -6.84. The largest absolute Gasteiger partial charge is 0.493 e. The fourth-order valence-electron chi connectivity index (χ4n) is 8.03. The molecule has 0 aliphatic carbocycles. The molecule has 7 rings (SSSR count). The zero-order chi connectivity index (χ0) is 44.1. The lowest BCUT2D eigenvalue weighted by atomic mass is 10.1. The van der Waals surface area contributed by atoms with Gasteiger partial charge in [-0.25, -0.2) is 19.4 Å². The lowest BCUT2D eigenvalue weighted by Gasteiger charge is -2.31. The number of anilines is 2. The van der Waals surface area contributed by atoms with E-state index >= 15 is 0 Å². The third kappa shape index (κ3) is 8.54. The van der Waals surface area contributed by atoms with Gasteiger partial charge in [-0.2, -0.15) is 0 Å². The smallest absolute Gasteiger partial charge is 0.416 e. The van der Waals surface area contributed by atoms with E-state index in [0.717, 1.165) is 26.5 Å². The van der Waals surface area contributed by atoms with E-state index in [9.17, 15) is 29.4 Å². The molecule has 4 aliphatic rings. The van der Waals surface area contributed by atoms with Gasteiger partial charge in [0.1, 0.15) is 19.0 Å². The van der Waals surface area contributed by atoms with E-state index in [0.29, 0.717) is 30.6 Å². The second-order valence-corrected chi connectivity index (χ2v) is 15.1. The normalized spacial score (nSPS) is 20.5. The highest BCUT2D eigenvalue weighted by molar-refractivity contribution is 6.07. The van der Waals surface area contributed by atoms with E-state index in [4.69, 9.17) is 23.7 Å². The number of carbonyl (C=O) groups is 4. The summed E-state index contributed by atoms with van der Waals surface area (Å²) in [7, 11) is 1.43. The van der Waals surface area contributed by atoms with Gasteiger partial charge >= 0.3 is 12.2 Å². The molecule has 3 aromatic carbocycles. The number of aryl methyl sites for hydroxylation is 1. The fraction of sp³-hybridized carbons (Fsp3) is 0.319. The zero-order valence-corrected chi connectivity index (χ0v) is 35.1. The summed E-state index contributed by atoms with van der Waals surface area (Å²) in [5.74, 6) is -0.0266. The number of methoxy groups -OCH3 is 1. The van der Waals surface area contributed by atoms with E-state index in [1.54, 1.807) is 31.5 Å². The van der Waals surface area contributed by atoms with Crippen molar-refractivity contribution in [3.8, 4) is 17.2 Å². The Morgan fingerprint density at radius 3 is 1.84 bits per heavy atom. The van der Waals surface area contributed by atoms with Gasteiger partial charge in [0.05, 0.1) is 54.9 Å². The number of fused-ring (bicyclic) bond motifs is 4. The second-order valence-electron chi connectivity index (χ2n) is 15.1. The molecule has 0 saturated carbocycles. The quantitative estimate of drug-likeness (QED) is 0.133. The minimum atomic E-state index is -1.47. The molecule has 0 radical (unpaired) electrons. The first-order chi connectivity index (χ1) is 30.0. The average molecular weight is 847 g/mol. The summed E-state index contributed by atoms with van der Waals surface area (Å²) in [6, 6.07) is 13.7. The Kier molecular flexibility index (Phi) is 13.1. The summed E-state index contributed by atoms with van der Waals surface area (Å²) in [6.45, 7) is 9.15. The third-order valence-corrected chi connectivity index (χ3v) is 10.9. The first kappa shape index (κ1) is 43.3. The topological polar surface area (TPSA) is 168 Å². The number of hydrogen-bond acceptors (Lipinski definition) is 11. The van der Waals surface area contributed by atoms with E-state index in [2.05, 4.69) is 6.58 Å². The second kappa shape index (κ2) is 18.8. The number of aliphatic hydroxyl groups excluding tert-OH is 2. The predicted molar refractivity (Wildman–Crippen MR) is 230 cm³/mol. The van der Waals surface area contributed by atoms with Crippen LogP contribution < -0.4 is 24.0 Å². The van der Waals surface area contributed by atoms with Crippen LogP contribution in [-0.4, -0.2) is 95.5 Å². The Morgan fingerprint density at radius 1 is 0.758 bits per heavy atom. The van der Waals surface area contributed by atoms with Gasteiger partial charge < -0.3 is 43.7 Å². The number of hydrogen-bond donors (Lipinski definition) is 2. The van der Waals surface area contributed by atoms with Crippen molar-refractivity contribution < 1.29 is 53.1 Å². The number of carbonyl (C=O) groups excluding carboxylic acids is 4. The highest BCUT2D eigenvalue weighted by atomic mass is 16.6. The summed E-state index contributed by atoms with van der Waals surface area (Å²) in [4.78, 5) is 60.5. The Morgan fingerprint density at radius 2 is 1.29 bits per heavy atom. The number of allylic oxidation sites excluding steroid dienone is 4. The van der Waals surface area contributed by atoms with Gasteiger partial charge in [0.15, 0.2) is 24.0 Å². The van der Waals surface area contributed by atoms with Gasteiger partial charge in [-0.1, -0.05) is 67.3 Å². The molecular weight excluding hydrogens is 797 g/mol. The predicted octanol–water partition coefficient (Wildman–Crippen LogP) is 7.14. The molecule has 4 heterocycles. The number of aliphatic hydroxyl groups is 2. The van der Waals surface area contributed by atoms with Crippen LogP contribution in [-0.2, 0) is 16.1 Å². The van der Waals surface area contributed by atoms with Crippen molar-refractivity contribution in [2.45, 2.75) is 71.2 Å². The van der Waals surface area contributed by atoms with Crippen molar-refractivity contribution in [3.63, 3.8) is 0 Å². The third-order valence-electron chi connectivity index (χ3n) is 10.9. The molecule has 15 heteroatoms. The molecule has 324 valence electrons. The van der Waals surface area contributed by atoms with E-state index < -0.39 is 42.6 Å². The maximum absolute atomic E-state index is 14.1. The lowest BCUT2D eigenvalue weighted by molar-refractivity contribution is 0.0545. The summed E-state index contributed by atoms with van der Waals surface area (Å²) < 4.78 is 29.1. The first-order valence-corrected chi connectivity index (χ1v) is 20.4. The number of rotatable bonds is 13. The molecule has 0 spiro atoms. The van der Waals surface area contributed by atoms with Crippen molar-refractivity contribution >= 4 is 35.4 Å². The molecular formula is C47H50N4O11. The van der Waals surface area contributed by atoms with E-state index in [-0.39, 0.29) is 66.3 Å². The van der Waals surface area contributed by atoms with Crippen LogP contribution in [0.2, 0.25) is 0 Å². The molecule has 4 aliphatic heterocycles. The van der Waals surface area contributed by atoms with Crippen molar-refractivity contribution in [1.82, 2.24) is 9.80 Å². The molecule has 4 amide bonds. The van der Waals surface area contributed by atoms with Gasteiger partial charge in [0.25, 0.3) is 11.8 Å². The van der Waals surface area contributed by atoms with Crippen LogP contribution in [0.3, 0.4) is 0 Å². The maximum Gasteiger partial charge on any atom is 0.416 e. The van der Waals surface area contributed by atoms with Gasteiger partial charge in [0, 0.05) is 31.0 Å². The van der Waals surface area contributed by atoms with Gasteiger partial charge in [-0.05, 0) is 68.0 Å². The Balaban J connectivity index is 1.11. The summed E-state index contributed by atoms with van der Waals surface area (Å²) in [6.07, 6.45) is 8.53. The van der Waals surface area contributed by atoms with Gasteiger partial charge in [-0.15, -0.1) is 0 Å². The van der Waals surface area contributed by atoms with Crippen LogP contribution in [0, 0.1) is 6.92 Å². The summed E-state index contributed by atoms with van der Waals surface area (Å²) >= 11 is 0. The van der Waals surface area contributed by atoms with Crippen LogP contribution >= 0.6 is 0 Å². The van der Waals surface area contributed by atoms with Crippen LogP contribution in [0.15, 0.2) is 115 Å². The molecule has 4 atom stereocenters. The van der Waals surface area contributed by atoms with Crippen molar-refractivity contribution in [2.75, 3.05) is 36.7 Å². The molecule has 62 heavy (non-hydrogen) atoms. The molecule has 0 saturated heterocycles. The fourth-order valence-corrected chi connectivity index (χ4v) is 8.03. The Labute approximate surface area is 359 Å². The maximum atomic E-state index is 14.1. The van der Waals surface area contributed by atoms with Crippen LogP contribution in [0.1, 0.15) is 65.0 Å². The molecule has 15 nitrogen and oxygen atoms in total. The standard InChI is InChI=1S/C47H50N4O11/c1-6-13-31-21-37-44(54)50(46(56)61-17-8-3)35-24-39(29(4)20-33(35)42(52)48(37)26-31)59-18-12-19-60-41-25-36-34(23-40(41)58-5)43(53)49-27-32(14-7-2)22-38(49)45(55)51(36)47(57)62-28-30-15-10-9-11-16-30/h6-11,13-16,20,23-27,37-38,44-45,54-55H,3,12,17-19,21-22,28H2,1-2,4-5H3/b13-6+,14-7+/t37-,38-,44-,45-/m0/s1. The Bertz CT molecular complexity index is 2360. The van der Waals surface area contributed by atoms with Crippen molar-refractivity contribution in [2.24, 2.45) is 0 Å². The minimum absolute atomic E-state index is 0.0613. The number of amides is 4. The zero-order valence-electron chi connectivity index (χ0n) is 35.1. The molecule has 0 aromatic heterocycles. The van der Waals surface area contributed by atoms with E-state index in [1.807, 2.05) is 68.5 Å². The highest BCUT2D eigenvalue weighted by Crippen LogP contribution is 2.43. The molecule has 0 fully saturated rings. The highest BCUT2D eigenvalue weighted by Gasteiger charge is 2.47. The average Bonchev–Trinajstić information content (AvgIpc) is 3.87. The number of nitrogens with zero attached hydrogens (tertiary/aromatic N) is 4. The monoisotopic (exact) mass is 846 g/mol. The lowest BCUT2D eigenvalue weighted by Crippen LogP contribution is -2.50. The van der Waals surface area contributed by atoms with Gasteiger partial charge in [-0.3, -0.25) is 9.59 Å². The van der Waals surface area contributed by atoms with Crippen LogP contribution in [0.5, 0.6) is 17.2 Å². The number of ether oxygens (including phenoxy) is 5. The van der Waals surface area contributed by atoms with Crippen LogP contribution in [0.4, 0.5) is 21.0 Å². The molecule has 0 bridgehead atoms. The van der Waals surface area contributed by atoms with Crippen molar-refractivity contribution in [3.05, 3.63) is 137 Å². The van der Waals surface area contributed by atoms with Crippen molar-refractivity contribution in [1.29, 1.82) is 0 Å². The molecule has 3 aromatic rings. The SMILES string of the molecule is C=CCOC(=O)N1c2cc(OCCCOc3cc4c(cc3OC)C(=O)N3C=C(/C=C/C)C[C@H]3[C@H](O)N4C(=O)OCc3ccccc3)c(C)cc2C(=O)N2C=C(/C=C/C)C[C@H]2[C@@H]1O.